The third kappa shape index (κ3) is 8.87. The van der Waals surface area contributed by atoms with E-state index in [9.17, 15) is 27.6 Å². The second kappa shape index (κ2) is 13.9. The number of amides is 3. The molecule has 3 amide bonds. The van der Waals surface area contributed by atoms with Crippen LogP contribution in [0.2, 0.25) is 0 Å². The zero-order valence-corrected chi connectivity index (χ0v) is 23.0. The highest BCUT2D eigenvalue weighted by atomic mass is 32.1. The predicted molar refractivity (Wildman–Crippen MR) is 146 cm³/mol. The highest BCUT2D eigenvalue weighted by molar-refractivity contribution is 7.09. The number of rotatable bonds is 12. The van der Waals surface area contributed by atoms with Crippen LogP contribution in [0.5, 0.6) is 5.75 Å². The van der Waals surface area contributed by atoms with Crippen molar-refractivity contribution in [1.29, 1.82) is 0 Å². The largest absolute Gasteiger partial charge is 0.573 e. The van der Waals surface area contributed by atoms with Crippen LogP contribution in [-0.2, 0) is 20.9 Å². The van der Waals surface area contributed by atoms with Crippen LogP contribution in [0.25, 0.3) is 0 Å². The minimum Gasteiger partial charge on any atom is -0.406 e. The number of nitrogens with zero attached hydrogens (tertiary/aromatic N) is 1. The van der Waals surface area contributed by atoms with E-state index in [0.717, 1.165) is 30.6 Å². The van der Waals surface area contributed by atoms with Crippen LogP contribution in [-0.4, -0.2) is 54.7 Å². The van der Waals surface area contributed by atoms with Gasteiger partial charge < -0.3 is 25.6 Å². The first-order chi connectivity index (χ1) is 19.2. The third-order valence-electron chi connectivity index (χ3n) is 7.31. The van der Waals surface area contributed by atoms with Crippen molar-refractivity contribution in [2.75, 3.05) is 25.0 Å². The Morgan fingerprint density at radius 2 is 1.80 bits per heavy atom. The van der Waals surface area contributed by atoms with E-state index >= 15 is 0 Å². The van der Waals surface area contributed by atoms with Crippen molar-refractivity contribution >= 4 is 34.7 Å². The Morgan fingerprint density at radius 1 is 1.05 bits per heavy atom. The van der Waals surface area contributed by atoms with Crippen LogP contribution in [0.15, 0.2) is 41.8 Å². The molecule has 2 atom stereocenters. The number of alkyl halides is 3. The van der Waals surface area contributed by atoms with Crippen molar-refractivity contribution in [1.82, 2.24) is 15.5 Å². The number of ether oxygens (including phenoxy) is 1. The standard InChI is InChI=1S/C28H35F3N4O4S/c29-28(30,31)39-21-10-8-20(9-11-21)32-13-14-33-26(37)24(17-19-5-2-1-3-6-19)34-25(36)23-12-15-35(27(23)38)18-22-7-4-16-40-22/h4,7-11,16,19,23-24,32H,1-3,5-6,12-15,17-18H2,(H,33,37)(H,34,36)/t23?,24-/m0/s1. The molecule has 2 aromatic rings. The van der Waals surface area contributed by atoms with Crippen molar-refractivity contribution in [3.05, 3.63) is 46.7 Å². The molecule has 1 aromatic heterocycles. The first-order valence-electron chi connectivity index (χ1n) is 13.7. The normalized spacial score (nSPS) is 18.8. The number of carbonyl (C=O) groups excluding carboxylic acids is 3. The zero-order valence-electron chi connectivity index (χ0n) is 22.2. The molecule has 1 aromatic carbocycles. The summed E-state index contributed by atoms with van der Waals surface area (Å²) >= 11 is 1.57. The van der Waals surface area contributed by atoms with Gasteiger partial charge in [0.1, 0.15) is 17.7 Å². The lowest BCUT2D eigenvalue weighted by molar-refractivity contribution is -0.274. The fourth-order valence-corrected chi connectivity index (χ4v) is 6.00. The van der Waals surface area contributed by atoms with Crippen molar-refractivity contribution in [3.8, 4) is 5.75 Å². The second-order valence-electron chi connectivity index (χ2n) is 10.3. The minimum atomic E-state index is -4.75. The molecule has 1 aliphatic heterocycles. The summed E-state index contributed by atoms with van der Waals surface area (Å²) in [6.45, 7) is 1.56. The number of halogens is 3. The first-order valence-corrected chi connectivity index (χ1v) is 14.5. The Kier molecular flexibility index (Phi) is 10.3. The summed E-state index contributed by atoms with van der Waals surface area (Å²) in [6.07, 6.45) is 1.57. The van der Waals surface area contributed by atoms with Crippen molar-refractivity contribution in [3.63, 3.8) is 0 Å². The Labute approximate surface area is 235 Å². The van der Waals surface area contributed by atoms with Crippen LogP contribution in [0, 0.1) is 11.8 Å². The van der Waals surface area contributed by atoms with Gasteiger partial charge in [-0.3, -0.25) is 14.4 Å². The van der Waals surface area contributed by atoms with Crippen molar-refractivity contribution < 1.29 is 32.3 Å². The van der Waals surface area contributed by atoms with Gasteiger partial charge in [0.2, 0.25) is 17.7 Å². The molecule has 218 valence electrons. The highest BCUT2D eigenvalue weighted by Gasteiger charge is 2.38. The van der Waals surface area contributed by atoms with E-state index in [1.54, 1.807) is 16.2 Å². The van der Waals surface area contributed by atoms with Gasteiger partial charge in [-0.15, -0.1) is 24.5 Å². The fourth-order valence-electron chi connectivity index (χ4n) is 5.28. The Balaban J connectivity index is 1.28. The van der Waals surface area contributed by atoms with E-state index in [4.69, 9.17) is 0 Å². The quantitative estimate of drug-likeness (QED) is 0.250. The molecule has 2 heterocycles. The lowest BCUT2D eigenvalue weighted by Crippen LogP contribution is -2.51. The number of benzene rings is 1. The Morgan fingerprint density at radius 3 is 2.48 bits per heavy atom. The van der Waals surface area contributed by atoms with Crippen LogP contribution in [0.1, 0.15) is 49.8 Å². The summed E-state index contributed by atoms with van der Waals surface area (Å²) in [7, 11) is 0. The van der Waals surface area contributed by atoms with Gasteiger partial charge >= 0.3 is 6.36 Å². The highest BCUT2D eigenvalue weighted by Crippen LogP contribution is 2.28. The predicted octanol–water partition coefficient (Wildman–Crippen LogP) is 4.68. The molecular weight excluding hydrogens is 545 g/mol. The van der Waals surface area contributed by atoms with Gasteiger partial charge in [-0.05, 0) is 54.5 Å². The van der Waals surface area contributed by atoms with Crippen LogP contribution in [0.3, 0.4) is 0 Å². The van der Waals surface area contributed by atoms with E-state index in [1.807, 2.05) is 17.5 Å². The number of nitrogens with one attached hydrogen (secondary N) is 3. The average molecular weight is 581 g/mol. The van der Waals surface area contributed by atoms with Gasteiger partial charge in [0.05, 0.1) is 6.54 Å². The van der Waals surface area contributed by atoms with Gasteiger partial charge in [0.15, 0.2) is 0 Å². The Hall–Kier alpha value is -3.28. The van der Waals surface area contributed by atoms with Gasteiger partial charge in [-0.25, -0.2) is 0 Å². The number of anilines is 1. The van der Waals surface area contributed by atoms with Crippen LogP contribution < -0.4 is 20.7 Å². The minimum absolute atomic E-state index is 0.210. The monoisotopic (exact) mass is 580 g/mol. The number of carbonyl (C=O) groups is 3. The second-order valence-corrected chi connectivity index (χ2v) is 11.3. The molecule has 2 fully saturated rings. The van der Waals surface area contributed by atoms with Gasteiger partial charge in [-0.1, -0.05) is 38.2 Å². The third-order valence-corrected chi connectivity index (χ3v) is 8.17. The molecule has 1 saturated carbocycles. The van der Waals surface area contributed by atoms with Crippen molar-refractivity contribution in [2.24, 2.45) is 11.8 Å². The summed E-state index contributed by atoms with van der Waals surface area (Å²) in [4.78, 5) is 42.0. The molecule has 0 spiro atoms. The molecule has 12 heteroatoms. The maximum absolute atomic E-state index is 13.2. The summed E-state index contributed by atoms with van der Waals surface area (Å²) in [5.41, 5.74) is 0.572. The molecule has 2 aliphatic rings. The number of thiophene rings is 1. The first kappa shape index (κ1) is 29.7. The number of hydrogen-bond acceptors (Lipinski definition) is 6. The molecule has 1 aliphatic carbocycles. The lowest BCUT2D eigenvalue weighted by atomic mass is 9.84. The average Bonchev–Trinajstić information content (AvgIpc) is 3.57. The number of hydrogen-bond donors (Lipinski definition) is 3. The smallest absolute Gasteiger partial charge is 0.406 e. The van der Waals surface area contributed by atoms with E-state index in [2.05, 4.69) is 20.7 Å². The van der Waals surface area contributed by atoms with E-state index < -0.39 is 24.2 Å². The number of likely N-dealkylation sites (tertiary alicyclic amines) is 1. The summed E-state index contributed by atoms with van der Waals surface area (Å²) < 4.78 is 40.9. The van der Waals surface area contributed by atoms with Crippen LogP contribution >= 0.6 is 11.3 Å². The molecule has 0 radical (unpaired) electrons. The lowest BCUT2D eigenvalue weighted by Gasteiger charge is -2.27. The fraction of sp³-hybridized carbons (Fsp3) is 0.536. The van der Waals surface area contributed by atoms with Crippen LogP contribution in [0.4, 0.5) is 18.9 Å². The molecule has 1 unspecified atom stereocenters. The molecule has 40 heavy (non-hydrogen) atoms. The van der Waals surface area contributed by atoms with E-state index in [0.29, 0.717) is 44.1 Å². The summed E-state index contributed by atoms with van der Waals surface area (Å²) in [5.74, 6) is -1.71. The summed E-state index contributed by atoms with van der Waals surface area (Å²) in [6, 6.07) is 8.46. The van der Waals surface area contributed by atoms with E-state index in [-0.39, 0.29) is 24.1 Å². The maximum Gasteiger partial charge on any atom is 0.573 e. The van der Waals surface area contributed by atoms with Gasteiger partial charge in [0, 0.05) is 30.2 Å². The molecule has 3 N–H and O–H groups in total. The molecule has 4 rings (SSSR count). The molecule has 0 bridgehead atoms. The Bertz CT molecular complexity index is 1120. The van der Waals surface area contributed by atoms with Gasteiger partial charge in [-0.2, -0.15) is 0 Å². The maximum atomic E-state index is 13.2. The SMILES string of the molecule is O=C(N[C@@H](CC1CCCCC1)C(=O)NCCNc1ccc(OC(F)(F)F)cc1)C1CCN(Cc2cccs2)C1=O. The van der Waals surface area contributed by atoms with Crippen molar-refractivity contribution in [2.45, 2.75) is 63.9 Å². The van der Waals surface area contributed by atoms with E-state index in [1.165, 1.54) is 30.7 Å². The summed E-state index contributed by atoms with van der Waals surface area (Å²) in [5, 5.41) is 10.7. The zero-order chi connectivity index (χ0) is 28.5. The molecular formula is C28H35F3N4O4S. The topological polar surface area (TPSA) is 99.8 Å². The van der Waals surface area contributed by atoms with Gasteiger partial charge in [0.25, 0.3) is 0 Å². The molecule has 8 nitrogen and oxygen atoms in total. The molecule has 1 saturated heterocycles.